The molecule has 1 N–H and O–H groups in total. The molecule has 2 atom stereocenters. The number of halogens is 3. The van der Waals surface area contributed by atoms with Gasteiger partial charge in [-0.1, -0.05) is 6.07 Å². The first-order chi connectivity index (χ1) is 11.8. The van der Waals surface area contributed by atoms with Crippen LogP contribution in [-0.4, -0.2) is 62.7 Å². The van der Waals surface area contributed by atoms with E-state index in [4.69, 9.17) is 14.2 Å². The predicted molar refractivity (Wildman–Crippen MR) is 84.8 cm³/mol. The molecule has 1 aliphatic heterocycles. The number of carbonyl (C=O) groups excluding carboxylic acids is 1. The molecular formula is C16H21F3N2O4. The summed E-state index contributed by atoms with van der Waals surface area (Å²) in [6, 6.07) is 4.89. The van der Waals surface area contributed by atoms with Crippen molar-refractivity contribution >= 4 is 11.7 Å². The third-order valence-electron chi connectivity index (χ3n) is 3.78. The van der Waals surface area contributed by atoms with Crippen LogP contribution in [0.3, 0.4) is 0 Å². The summed E-state index contributed by atoms with van der Waals surface area (Å²) in [7, 11) is 1.55. The first-order valence-electron chi connectivity index (χ1n) is 7.80. The van der Waals surface area contributed by atoms with Gasteiger partial charge in [-0.15, -0.1) is 0 Å². The lowest BCUT2D eigenvalue weighted by Gasteiger charge is -2.39. The van der Waals surface area contributed by atoms with Crippen LogP contribution in [0.15, 0.2) is 24.3 Å². The highest BCUT2D eigenvalue weighted by atomic mass is 19.4. The number of nitrogens with zero attached hydrogens (tertiary/aromatic N) is 1. The molecule has 0 saturated carbocycles. The van der Waals surface area contributed by atoms with Gasteiger partial charge in [0.2, 0.25) is 0 Å². The minimum atomic E-state index is -4.52. The van der Waals surface area contributed by atoms with Crippen molar-refractivity contribution in [2.75, 3.05) is 38.8 Å². The second-order valence-electron chi connectivity index (χ2n) is 5.57. The molecule has 0 spiro atoms. The van der Waals surface area contributed by atoms with Gasteiger partial charge in [0, 0.05) is 25.4 Å². The number of amides is 2. The smallest absolute Gasteiger partial charge is 0.416 e. The summed E-state index contributed by atoms with van der Waals surface area (Å²) < 4.78 is 53.9. The maximum Gasteiger partial charge on any atom is 0.416 e. The number of nitrogens with one attached hydrogen (secondary N) is 1. The molecule has 1 aromatic carbocycles. The first kappa shape index (κ1) is 19.3. The van der Waals surface area contributed by atoms with Crippen LogP contribution in [0.2, 0.25) is 0 Å². The molecule has 1 saturated heterocycles. The summed E-state index contributed by atoms with van der Waals surface area (Å²) in [5.74, 6) is 0.526. The molecule has 0 unspecified atom stereocenters. The molecule has 25 heavy (non-hydrogen) atoms. The second kappa shape index (κ2) is 8.39. The standard InChI is InChI=1S/C16H21F3N2O4/c1-11-14(16(17,18)19)25-7-6-21(11)15(22)20-12-4-3-5-13(10-12)24-9-8-23-2/h3-5,10-11,14H,6-9H2,1-2H3,(H,20,22)/t11-,14-/m0/s1. The number of hydrogen-bond donors (Lipinski definition) is 1. The van der Waals surface area contributed by atoms with Crippen LogP contribution in [0.4, 0.5) is 23.7 Å². The molecule has 1 fully saturated rings. The average Bonchev–Trinajstić information content (AvgIpc) is 2.54. The topological polar surface area (TPSA) is 60.0 Å². The summed E-state index contributed by atoms with van der Waals surface area (Å²) in [5.41, 5.74) is 0.433. The van der Waals surface area contributed by atoms with E-state index in [1.54, 1.807) is 31.4 Å². The fourth-order valence-corrected chi connectivity index (χ4v) is 2.54. The predicted octanol–water partition coefficient (Wildman–Crippen LogP) is 2.90. The second-order valence-corrected chi connectivity index (χ2v) is 5.57. The van der Waals surface area contributed by atoms with E-state index in [2.05, 4.69) is 5.32 Å². The molecule has 140 valence electrons. The molecule has 1 aromatic rings. The Labute approximate surface area is 143 Å². The summed E-state index contributed by atoms with van der Waals surface area (Å²) in [6.45, 7) is 2.01. The number of carbonyl (C=O) groups is 1. The highest BCUT2D eigenvalue weighted by Crippen LogP contribution is 2.30. The minimum absolute atomic E-state index is 0.0869. The molecule has 6 nitrogen and oxygen atoms in total. The van der Waals surface area contributed by atoms with Gasteiger partial charge >= 0.3 is 12.2 Å². The summed E-state index contributed by atoms with van der Waals surface area (Å²) >= 11 is 0. The Kier molecular flexibility index (Phi) is 6.49. The number of anilines is 1. The quantitative estimate of drug-likeness (QED) is 0.819. The zero-order valence-corrected chi connectivity index (χ0v) is 14.0. The lowest BCUT2D eigenvalue weighted by atomic mass is 10.1. The molecule has 1 aliphatic rings. The van der Waals surface area contributed by atoms with Gasteiger partial charge in [-0.3, -0.25) is 0 Å². The third kappa shape index (κ3) is 5.23. The number of urea groups is 1. The van der Waals surface area contributed by atoms with E-state index in [-0.39, 0.29) is 13.2 Å². The summed E-state index contributed by atoms with van der Waals surface area (Å²) in [5, 5.41) is 2.60. The average molecular weight is 362 g/mol. The monoisotopic (exact) mass is 362 g/mol. The van der Waals surface area contributed by atoms with E-state index < -0.39 is 24.4 Å². The number of benzene rings is 1. The molecule has 0 bridgehead atoms. The maximum absolute atomic E-state index is 12.9. The van der Waals surface area contributed by atoms with Crippen molar-refractivity contribution in [3.05, 3.63) is 24.3 Å². The lowest BCUT2D eigenvalue weighted by Crippen LogP contribution is -2.58. The number of ether oxygens (including phenoxy) is 3. The van der Waals surface area contributed by atoms with Crippen LogP contribution < -0.4 is 10.1 Å². The van der Waals surface area contributed by atoms with Crippen molar-refractivity contribution in [2.24, 2.45) is 0 Å². The van der Waals surface area contributed by atoms with Crippen LogP contribution in [0.25, 0.3) is 0 Å². The fraction of sp³-hybridized carbons (Fsp3) is 0.562. The van der Waals surface area contributed by atoms with E-state index >= 15 is 0 Å². The Morgan fingerprint density at radius 2 is 2.16 bits per heavy atom. The SMILES string of the molecule is COCCOc1cccc(NC(=O)N2CCO[C@H](C(F)(F)F)[C@@H]2C)c1. The molecule has 0 aliphatic carbocycles. The van der Waals surface area contributed by atoms with Gasteiger partial charge in [0.05, 0.1) is 19.3 Å². The van der Waals surface area contributed by atoms with Crippen LogP contribution in [0.1, 0.15) is 6.92 Å². The fourth-order valence-electron chi connectivity index (χ4n) is 2.54. The highest BCUT2D eigenvalue weighted by Gasteiger charge is 2.49. The van der Waals surface area contributed by atoms with Crippen molar-refractivity contribution in [3.8, 4) is 5.75 Å². The van der Waals surface area contributed by atoms with Gasteiger partial charge < -0.3 is 24.4 Å². The van der Waals surface area contributed by atoms with Gasteiger partial charge in [-0.25, -0.2) is 4.79 Å². The van der Waals surface area contributed by atoms with Crippen molar-refractivity contribution in [1.29, 1.82) is 0 Å². The van der Waals surface area contributed by atoms with E-state index in [1.807, 2.05) is 0 Å². The normalized spacial score (nSPS) is 21.1. The zero-order chi connectivity index (χ0) is 18.4. The number of morpholine rings is 1. The van der Waals surface area contributed by atoms with Crippen molar-refractivity contribution in [2.45, 2.75) is 25.2 Å². The van der Waals surface area contributed by atoms with E-state index in [9.17, 15) is 18.0 Å². The lowest BCUT2D eigenvalue weighted by molar-refractivity contribution is -0.246. The van der Waals surface area contributed by atoms with Gasteiger partial charge in [0.15, 0.2) is 6.10 Å². The van der Waals surface area contributed by atoms with Crippen molar-refractivity contribution < 1.29 is 32.2 Å². The largest absolute Gasteiger partial charge is 0.491 e. The number of alkyl halides is 3. The number of hydrogen-bond acceptors (Lipinski definition) is 4. The van der Waals surface area contributed by atoms with Crippen molar-refractivity contribution in [3.63, 3.8) is 0 Å². The molecule has 1 heterocycles. The van der Waals surface area contributed by atoms with Crippen molar-refractivity contribution in [1.82, 2.24) is 4.90 Å². The minimum Gasteiger partial charge on any atom is -0.491 e. The van der Waals surface area contributed by atoms with Crippen LogP contribution in [-0.2, 0) is 9.47 Å². The van der Waals surface area contributed by atoms with Gasteiger partial charge in [-0.2, -0.15) is 13.2 Å². The van der Waals surface area contributed by atoms with Gasteiger partial charge in [0.25, 0.3) is 0 Å². The third-order valence-corrected chi connectivity index (χ3v) is 3.78. The maximum atomic E-state index is 12.9. The Morgan fingerprint density at radius 3 is 2.84 bits per heavy atom. The summed E-state index contributed by atoms with van der Waals surface area (Å²) in [4.78, 5) is 13.5. The van der Waals surface area contributed by atoms with Crippen LogP contribution in [0.5, 0.6) is 5.75 Å². The van der Waals surface area contributed by atoms with E-state index in [0.29, 0.717) is 24.7 Å². The van der Waals surface area contributed by atoms with E-state index in [0.717, 1.165) is 4.90 Å². The molecule has 9 heteroatoms. The van der Waals surface area contributed by atoms with Gasteiger partial charge in [-0.05, 0) is 19.1 Å². The Hall–Kier alpha value is -2.00. The van der Waals surface area contributed by atoms with Gasteiger partial charge in [0.1, 0.15) is 12.4 Å². The molecule has 2 rings (SSSR count). The molecule has 0 radical (unpaired) electrons. The number of rotatable bonds is 5. The van der Waals surface area contributed by atoms with E-state index in [1.165, 1.54) is 6.92 Å². The Bertz CT molecular complexity index is 583. The Balaban J connectivity index is 2.00. The summed E-state index contributed by atoms with van der Waals surface area (Å²) in [6.07, 6.45) is -6.51. The molecule has 2 amide bonds. The Morgan fingerprint density at radius 1 is 1.40 bits per heavy atom. The highest BCUT2D eigenvalue weighted by molar-refractivity contribution is 5.89. The zero-order valence-electron chi connectivity index (χ0n) is 14.0. The van der Waals surface area contributed by atoms with Crippen LogP contribution >= 0.6 is 0 Å². The number of methoxy groups -OCH3 is 1. The molecular weight excluding hydrogens is 341 g/mol. The van der Waals surface area contributed by atoms with Crippen LogP contribution in [0, 0.1) is 0 Å². The molecule has 0 aromatic heterocycles. The first-order valence-corrected chi connectivity index (χ1v) is 7.80.